The lowest BCUT2D eigenvalue weighted by molar-refractivity contribution is -0.114. The number of rotatable bonds is 4. The Morgan fingerprint density at radius 3 is 2.88 bits per heavy atom. The maximum absolute atomic E-state index is 10.8. The van der Waals surface area contributed by atoms with Crippen molar-refractivity contribution >= 4 is 34.3 Å². The van der Waals surface area contributed by atoms with Gasteiger partial charge < -0.3 is 5.32 Å². The molecule has 2 rings (SSSR count). The minimum absolute atomic E-state index is 0.124. The maximum atomic E-state index is 10.8. The number of benzene rings is 1. The molecule has 0 fully saturated rings. The Hall–Kier alpha value is -1.40. The van der Waals surface area contributed by atoms with Crippen LogP contribution in [0.15, 0.2) is 35.5 Å². The molecule has 0 saturated heterocycles. The molecule has 0 atom stereocenters. The highest BCUT2D eigenvalue weighted by Crippen LogP contribution is 2.23. The van der Waals surface area contributed by atoms with Crippen LogP contribution in [-0.4, -0.2) is 15.3 Å². The molecule has 4 nitrogen and oxygen atoms in total. The van der Waals surface area contributed by atoms with E-state index >= 15 is 0 Å². The van der Waals surface area contributed by atoms with E-state index < -0.39 is 0 Å². The van der Waals surface area contributed by atoms with Gasteiger partial charge in [-0.25, -0.2) is 0 Å². The second-order valence-corrected chi connectivity index (χ2v) is 5.03. The van der Waals surface area contributed by atoms with Crippen LogP contribution in [0, 0.1) is 0 Å². The van der Waals surface area contributed by atoms with Crippen molar-refractivity contribution in [1.82, 2.24) is 9.36 Å². The van der Waals surface area contributed by atoms with E-state index in [1.807, 2.05) is 18.2 Å². The molecule has 17 heavy (non-hydrogen) atoms. The zero-order valence-electron chi connectivity index (χ0n) is 9.21. The summed E-state index contributed by atoms with van der Waals surface area (Å²) in [5.74, 6) is 0.706. The van der Waals surface area contributed by atoms with E-state index in [-0.39, 0.29) is 5.91 Å². The molecule has 0 bridgehead atoms. The van der Waals surface area contributed by atoms with Crippen molar-refractivity contribution in [2.24, 2.45) is 0 Å². The third-order valence-corrected chi connectivity index (χ3v) is 3.57. The van der Waals surface area contributed by atoms with Gasteiger partial charge in [-0.15, -0.1) is 0 Å². The lowest BCUT2D eigenvalue weighted by atomic mass is 10.2. The van der Waals surface area contributed by atoms with E-state index in [2.05, 4.69) is 26.8 Å². The SMILES string of the molecule is CC(=O)Nc1nc(SCc2ccccc2)ns1. The summed E-state index contributed by atoms with van der Waals surface area (Å²) in [6.07, 6.45) is 0. The van der Waals surface area contributed by atoms with E-state index in [9.17, 15) is 4.79 Å². The summed E-state index contributed by atoms with van der Waals surface area (Å²) in [5.41, 5.74) is 1.23. The first kappa shape index (κ1) is 12.1. The third kappa shape index (κ3) is 3.83. The van der Waals surface area contributed by atoms with Gasteiger partial charge in [0, 0.05) is 24.2 Å². The summed E-state index contributed by atoms with van der Waals surface area (Å²) in [6, 6.07) is 10.1. The van der Waals surface area contributed by atoms with Crippen LogP contribution in [-0.2, 0) is 10.5 Å². The van der Waals surface area contributed by atoms with E-state index in [0.29, 0.717) is 10.3 Å². The number of carbonyl (C=O) groups is 1. The van der Waals surface area contributed by atoms with Gasteiger partial charge in [-0.3, -0.25) is 4.79 Å². The summed E-state index contributed by atoms with van der Waals surface area (Å²) < 4.78 is 4.16. The fourth-order valence-electron chi connectivity index (χ4n) is 1.19. The number of hydrogen-bond acceptors (Lipinski definition) is 5. The Bertz CT molecular complexity index is 498. The Morgan fingerprint density at radius 1 is 1.41 bits per heavy atom. The molecule has 2 aromatic rings. The number of anilines is 1. The standard InChI is InChI=1S/C11H11N3OS2/c1-8(15)12-10-13-11(14-17-10)16-7-9-5-3-2-4-6-9/h2-6H,7H2,1H3,(H,12,13,14,15). The van der Waals surface area contributed by atoms with Crippen LogP contribution >= 0.6 is 23.3 Å². The summed E-state index contributed by atoms with van der Waals surface area (Å²) in [4.78, 5) is 15.0. The molecule has 1 heterocycles. The van der Waals surface area contributed by atoms with Crippen molar-refractivity contribution in [3.63, 3.8) is 0 Å². The average Bonchev–Trinajstić information content (AvgIpc) is 2.75. The molecule has 1 aromatic carbocycles. The summed E-state index contributed by atoms with van der Waals surface area (Å²) in [7, 11) is 0. The van der Waals surface area contributed by atoms with Crippen LogP contribution in [0.1, 0.15) is 12.5 Å². The molecule has 1 amide bonds. The highest BCUT2D eigenvalue weighted by Gasteiger charge is 2.05. The van der Waals surface area contributed by atoms with Gasteiger partial charge in [-0.2, -0.15) is 9.36 Å². The quantitative estimate of drug-likeness (QED) is 0.864. The molecule has 0 spiro atoms. The smallest absolute Gasteiger partial charge is 0.223 e. The Balaban J connectivity index is 1.91. The fraction of sp³-hybridized carbons (Fsp3) is 0.182. The first-order chi connectivity index (χ1) is 8.24. The van der Waals surface area contributed by atoms with E-state index in [1.165, 1.54) is 24.0 Å². The van der Waals surface area contributed by atoms with Gasteiger partial charge in [-0.05, 0) is 5.56 Å². The van der Waals surface area contributed by atoms with Crippen molar-refractivity contribution < 1.29 is 4.79 Å². The van der Waals surface area contributed by atoms with Crippen LogP contribution in [0.25, 0.3) is 0 Å². The Morgan fingerprint density at radius 2 is 2.18 bits per heavy atom. The molecular weight excluding hydrogens is 254 g/mol. The van der Waals surface area contributed by atoms with Crippen molar-refractivity contribution in [2.75, 3.05) is 5.32 Å². The van der Waals surface area contributed by atoms with Crippen molar-refractivity contribution in [1.29, 1.82) is 0 Å². The molecule has 0 aliphatic carbocycles. The highest BCUT2D eigenvalue weighted by atomic mass is 32.2. The number of carbonyl (C=O) groups excluding carboxylic acids is 1. The zero-order chi connectivity index (χ0) is 12.1. The Kier molecular flexibility index (Phi) is 4.11. The van der Waals surface area contributed by atoms with Crippen LogP contribution < -0.4 is 5.32 Å². The minimum Gasteiger partial charge on any atom is -0.301 e. The molecule has 0 aliphatic heterocycles. The molecule has 0 unspecified atom stereocenters. The van der Waals surface area contributed by atoms with Crippen LogP contribution in [0.3, 0.4) is 0 Å². The van der Waals surface area contributed by atoms with Gasteiger partial charge in [0.15, 0.2) is 0 Å². The number of thioether (sulfide) groups is 1. The molecule has 1 aromatic heterocycles. The fourth-order valence-corrected chi connectivity index (χ4v) is 2.74. The number of nitrogens with zero attached hydrogens (tertiary/aromatic N) is 2. The number of aromatic nitrogens is 2. The van der Waals surface area contributed by atoms with E-state index in [4.69, 9.17) is 0 Å². The van der Waals surface area contributed by atoms with Crippen LogP contribution in [0.2, 0.25) is 0 Å². The number of hydrogen-bond donors (Lipinski definition) is 1. The predicted octanol–water partition coefficient (Wildman–Crippen LogP) is 2.79. The van der Waals surface area contributed by atoms with E-state index in [1.54, 1.807) is 11.8 Å². The van der Waals surface area contributed by atoms with Crippen molar-refractivity contribution in [2.45, 2.75) is 17.8 Å². The summed E-state index contributed by atoms with van der Waals surface area (Å²) >= 11 is 2.76. The normalized spacial score (nSPS) is 10.2. The van der Waals surface area contributed by atoms with Crippen molar-refractivity contribution in [3.05, 3.63) is 35.9 Å². The predicted molar refractivity (Wildman–Crippen MR) is 70.2 cm³/mol. The molecule has 0 radical (unpaired) electrons. The van der Waals surface area contributed by atoms with Gasteiger partial charge in [-0.1, -0.05) is 42.1 Å². The lowest BCUT2D eigenvalue weighted by Crippen LogP contribution is -2.04. The largest absolute Gasteiger partial charge is 0.301 e. The second-order valence-electron chi connectivity index (χ2n) is 3.34. The van der Waals surface area contributed by atoms with Crippen molar-refractivity contribution in [3.8, 4) is 0 Å². The zero-order valence-corrected chi connectivity index (χ0v) is 10.8. The molecule has 0 saturated carbocycles. The number of nitrogens with one attached hydrogen (secondary N) is 1. The highest BCUT2D eigenvalue weighted by molar-refractivity contribution is 7.98. The maximum Gasteiger partial charge on any atom is 0.223 e. The first-order valence-electron chi connectivity index (χ1n) is 5.02. The Labute approximate surface area is 108 Å². The number of amides is 1. The van der Waals surface area contributed by atoms with Gasteiger partial charge >= 0.3 is 0 Å². The topological polar surface area (TPSA) is 54.9 Å². The molecule has 88 valence electrons. The first-order valence-corrected chi connectivity index (χ1v) is 6.78. The van der Waals surface area contributed by atoms with Crippen LogP contribution in [0.4, 0.5) is 5.13 Å². The lowest BCUT2D eigenvalue weighted by Gasteiger charge is -1.96. The molecule has 0 aliphatic rings. The van der Waals surface area contributed by atoms with Gasteiger partial charge in [0.1, 0.15) is 0 Å². The van der Waals surface area contributed by atoms with Gasteiger partial charge in [0.05, 0.1) is 0 Å². The third-order valence-electron chi connectivity index (χ3n) is 1.90. The summed E-state index contributed by atoms with van der Waals surface area (Å²) in [6.45, 7) is 1.46. The van der Waals surface area contributed by atoms with Gasteiger partial charge in [0.25, 0.3) is 0 Å². The van der Waals surface area contributed by atoms with Gasteiger partial charge in [0.2, 0.25) is 16.2 Å². The summed E-state index contributed by atoms with van der Waals surface area (Å²) in [5, 5.41) is 3.86. The average molecular weight is 265 g/mol. The van der Waals surface area contributed by atoms with E-state index in [0.717, 1.165) is 5.75 Å². The molecule has 1 N–H and O–H groups in total. The minimum atomic E-state index is -0.124. The second kappa shape index (κ2) is 5.79. The molecule has 6 heteroatoms. The molecular formula is C11H11N3OS2. The van der Waals surface area contributed by atoms with Crippen LogP contribution in [0.5, 0.6) is 0 Å². The monoisotopic (exact) mass is 265 g/mol.